The van der Waals surface area contributed by atoms with Gasteiger partial charge in [-0.15, -0.1) is 0 Å². The van der Waals surface area contributed by atoms with E-state index in [1.54, 1.807) is 31.3 Å². The summed E-state index contributed by atoms with van der Waals surface area (Å²) < 4.78 is 16.2. The summed E-state index contributed by atoms with van der Waals surface area (Å²) in [6, 6.07) is 21.3. The molecule has 2 amide bonds. The zero-order valence-electron chi connectivity index (χ0n) is 23.7. The lowest BCUT2D eigenvalue weighted by Crippen LogP contribution is -2.43. The molecule has 1 unspecified atom stereocenters. The number of nitrogens with zero attached hydrogens (tertiary/aromatic N) is 2. The number of carbonyl (C=O) groups excluding carboxylic acids is 1. The molecule has 3 aromatic carbocycles. The monoisotopic (exact) mass is 566 g/mol. The second kappa shape index (κ2) is 11.7. The van der Waals surface area contributed by atoms with Crippen LogP contribution in [0.5, 0.6) is 5.75 Å². The summed E-state index contributed by atoms with van der Waals surface area (Å²) in [5, 5.41) is 16.2. The number of rotatable bonds is 7. The highest BCUT2D eigenvalue weighted by Gasteiger charge is 2.30. The molecule has 0 saturated carbocycles. The van der Waals surface area contributed by atoms with Crippen LogP contribution in [0.2, 0.25) is 0 Å². The minimum Gasteiger partial charge on any atom is -0.507 e. The molecule has 2 aromatic heterocycles. The molecule has 6 rings (SSSR count). The molecule has 216 valence electrons. The molecule has 1 aliphatic heterocycles. The summed E-state index contributed by atoms with van der Waals surface area (Å²) in [6.45, 7) is 2.08. The van der Waals surface area contributed by atoms with Crippen molar-refractivity contribution in [2.24, 2.45) is 7.05 Å². The molecule has 3 heterocycles. The summed E-state index contributed by atoms with van der Waals surface area (Å²) in [7, 11) is 1.69. The molecule has 0 bridgehead atoms. The number of aryl methyl sites for hydroxylation is 2. The Morgan fingerprint density at radius 2 is 1.74 bits per heavy atom. The summed E-state index contributed by atoms with van der Waals surface area (Å²) >= 11 is 0. The number of benzene rings is 3. The van der Waals surface area contributed by atoms with Gasteiger partial charge in [0.15, 0.2) is 0 Å². The lowest BCUT2D eigenvalue weighted by molar-refractivity contribution is 0.186. The van der Waals surface area contributed by atoms with Gasteiger partial charge in [0.05, 0.1) is 17.0 Å². The number of aromatic amines is 1. The van der Waals surface area contributed by atoms with E-state index >= 15 is 0 Å². The van der Waals surface area contributed by atoms with E-state index in [2.05, 4.69) is 10.3 Å². The van der Waals surface area contributed by atoms with Crippen molar-refractivity contribution < 1.29 is 14.3 Å². The number of H-pyrrole nitrogens is 1. The summed E-state index contributed by atoms with van der Waals surface area (Å²) in [4.78, 5) is 32.0. The Kier molecular flexibility index (Phi) is 7.69. The van der Waals surface area contributed by atoms with Crippen molar-refractivity contribution >= 4 is 27.8 Å². The number of pyridine rings is 1. The number of halogens is 1. The van der Waals surface area contributed by atoms with Gasteiger partial charge in [0.2, 0.25) is 0 Å². The van der Waals surface area contributed by atoms with Crippen LogP contribution in [0.4, 0.5) is 9.18 Å². The Morgan fingerprint density at radius 3 is 2.52 bits per heavy atom. The summed E-state index contributed by atoms with van der Waals surface area (Å²) in [5.74, 6) is -1.29. The van der Waals surface area contributed by atoms with Gasteiger partial charge in [0.1, 0.15) is 11.6 Å². The molecular formula is C34H35FN4O3. The van der Waals surface area contributed by atoms with Gasteiger partial charge < -0.3 is 24.9 Å². The van der Waals surface area contributed by atoms with E-state index in [-0.39, 0.29) is 22.9 Å². The van der Waals surface area contributed by atoms with Crippen LogP contribution in [-0.2, 0) is 13.5 Å². The van der Waals surface area contributed by atoms with E-state index in [9.17, 15) is 19.1 Å². The van der Waals surface area contributed by atoms with Crippen molar-refractivity contribution in [2.75, 3.05) is 19.6 Å². The van der Waals surface area contributed by atoms with Crippen molar-refractivity contribution in [3.05, 3.63) is 111 Å². The van der Waals surface area contributed by atoms with E-state index in [1.807, 2.05) is 41.3 Å². The van der Waals surface area contributed by atoms with Crippen LogP contribution in [0.15, 0.2) is 77.6 Å². The summed E-state index contributed by atoms with van der Waals surface area (Å²) in [5.41, 5.74) is 3.60. The minimum absolute atomic E-state index is 0.0314. The van der Waals surface area contributed by atoms with E-state index < -0.39 is 11.7 Å². The van der Waals surface area contributed by atoms with Crippen LogP contribution >= 0.6 is 0 Å². The predicted molar refractivity (Wildman–Crippen MR) is 164 cm³/mol. The number of aromatic nitrogens is 2. The van der Waals surface area contributed by atoms with Crippen LogP contribution in [0.25, 0.3) is 21.8 Å². The third-order valence-electron chi connectivity index (χ3n) is 8.44. The number of urea groups is 1. The number of likely N-dealkylation sites (tertiary alicyclic amines) is 1. The number of para-hydroxylation sites is 2. The largest absolute Gasteiger partial charge is 0.507 e. The standard InChI is InChI=1S/C34H35FN4O3/c1-38-28-17-6-4-14-26(28)32(40)30(33(38)41)29(22-11-9-12-23(35)21-22)31-25(24-13-3-5-16-27(24)37-31)15-10-18-36-34(42)39-19-7-2-8-20-39/h3-6,9,11-14,16-17,21,29,37,40H,2,7-8,10,15,18-20H2,1H3,(H,36,42). The highest BCUT2D eigenvalue weighted by atomic mass is 19.1. The van der Waals surface area contributed by atoms with Crippen molar-refractivity contribution in [3.8, 4) is 5.75 Å². The van der Waals surface area contributed by atoms with E-state index in [1.165, 1.54) is 16.7 Å². The molecule has 1 atom stereocenters. The molecule has 1 saturated heterocycles. The first kappa shape index (κ1) is 27.6. The predicted octanol–water partition coefficient (Wildman–Crippen LogP) is 6.17. The van der Waals surface area contributed by atoms with Crippen LogP contribution < -0.4 is 10.9 Å². The number of carbonyl (C=O) groups is 1. The van der Waals surface area contributed by atoms with E-state index in [0.717, 1.165) is 54.5 Å². The van der Waals surface area contributed by atoms with E-state index in [0.29, 0.717) is 35.9 Å². The van der Waals surface area contributed by atoms with Crippen LogP contribution in [-0.4, -0.2) is 45.2 Å². The first-order valence-corrected chi connectivity index (χ1v) is 14.6. The second-order valence-electron chi connectivity index (χ2n) is 11.1. The highest BCUT2D eigenvalue weighted by Crippen LogP contribution is 2.41. The molecule has 42 heavy (non-hydrogen) atoms. The van der Waals surface area contributed by atoms with Gasteiger partial charge in [-0.2, -0.15) is 0 Å². The minimum atomic E-state index is -0.755. The number of hydrogen-bond donors (Lipinski definition) is 3. The molecule has 1 aliphatic rings. The SMILES string of the molecule is Cn1c(=O)c(C(c2cccc(F)c2)c2[nH]c3ccccc3c2CCCNC(=O)N2CCCCC2)c(O)c2ccccc21. The van der Waals surface area contributed by atoms with Crippen LogP contribution in [0.1, 0.15) is 54.0 Å². The van der Waals surface area contributed by atoms with Crippen LogP contribution in [0.3, 0.4) is 0 Å². The third kappa shape index (κ3) is 5.13. The Labute approximate surface area is 243 Å². The fourth-order valence-corrected chi connectivity index (χ4v) is 6.33. The number of hydrogen-bond acceptors (Lipinski definition) is 3. The first-order chi connectivity index (χ1) is 20.4. The van der Waals surface area contributed by atoms with Crippen molar-refractivity contribution in [3.63, 3.8) is 0 Å². The normalized spacial score (nSPS) is 14.4. The smallest absolute Gasteiger partial charge is 0.317 e. The topological polar surface area (TPSA) is 90.4 Å². The third-order valence-corrected chi connectivity index (χ3v) is 8.44. The molecule has 0 radical (unpaired) electrons. The van der Waals surface area contributed by atoms with Gasteiger partial charge in [-0.3, -0.25) is 4.79 Å². The van der Waals surface area contributed by atoms with Crippen LogP contribution in [0, 0.1) is 5.82 Å². The lowest BCUT2D eigenvalue weighted by atomic mass is 9.85. The van der Waals surface area contributed by atoms with E-state index in [4.69, 9.17) is 0 Å². The van der Waals surface area contributed by atoms with Crippen molar-refractivity contribution in [2.45, 2.75) is 38.0 Å². The van der Waals surface area contributed by atoms with Crippen molar-refractivity contribution in [1.29, 1.82) is 0 Å². The molecule has 1 fully saturated rings. The molecule has 0 aliphatic carbocycles. The average Bonchev–Trinajstić information content (AvgIpc) is 3.38. The zero-order valence-corrected chi connectivity index (χ0v) is 23.7. The molecule has 3 N–H and O–H groups in total. The maximum atomic E-state index is 14.7. The average molecular weight is 567 g/mol. The lowest BCUT2D eigenvalue weighted by Gasteiger charge is -2.26. The number of nitrogens with one attached hydrogen (secondary N) is 2. The summed E-state index contributed by atoms with van der Waals surface area (Å²) in [6.07, 6.45) is 4.52. The molecule has 5 aromatic rings. The Bertz CT molecular complexity index is 1820. The maximum Gasteiger partial charge on any atom is 0.317 e. The number of amides is 2. The molecule has 0 spiro atoms. The number of aromatic hydroxyl groups is 1. The molecule has 7 nitrogen and oxygen atoms in total. The zero-order chi connectivity index (χ0) is 29.2. The van der Waals surface area contributed by atoms with Crippen molar-refractivity contribution in [1.82, 2.24) is 19.8 Å². The van der Waals surface area contributed by atoms with Gasteiger partial charge in [0.25, 0.3) is 5.56 Å². The molecular weight excluding hydrogens is 531 g/mol. The fraction of sp³-hybridized carbons (Fsp3) is 0.294. The van der Waals surface area contributed by atoms with Gasteiger partial charge in [-0.05, 0) is 73.6 Å². The Balaban J connectivity index is 1.44. The highest BCUT2D eigenvalue weighted by molar-refractivity contribution is 5.88. The Hall–Kier alpha value is -4.59. The van der Waals surface area contributed by atoms with Gasteiger partial charge in [-0.1, -0.05) is 42.5 Å². The number of fused-ring (bicyclic) bond motifs is 2. The fourth-order valence-electron chi connectivity index (χ4n) is 6.33. The van der Waals surface area contributed by atoms with Gasteiger partial charge >= 0.3 is 6.03 Å². The second-order valence-corrected chi connectivity index (χ2v) is 11.1. The Morgan fingerprint density at radius 1 is 1.00 bits per heavy atom. The first-order valence-electron chi connectivity index (χ1n) is 14.6. The van der Waals surface area contributed by atoms with Gasteiger partial charge in [0, 0.05) is 48.7 Å². The quantitative estimate of drug-likeness (QED) is 0.206. The maximum absolute atomic E-state index is 14.7. The van der Waals surface area contributed by atoms with Gasteiger partial charge in [-0.25, -0.2) is 9.18 Å². The number of piperidine rings is 1. The molecule has 8 heteroatoms.